The lowest BCUT2D eigenvalue weighted by molar-refractivity contribution is -0.119. The Labute approximate surface area is 303 Å². The first-order valence-electron chi connectivity index (χ1n) is 17.1. The van der Waals surface area contributed by atoms with E-state index in [2.05, 4.69) is 15.3 Å². The van der Waals surface area contributed by atoms with E-state index < -0.39 is 23.6 Å². The molecule has 1 amide bonds. The van der Waals surface area contributed by atoms with Gasteiger partial charge in [0.15, 0.2) is 12.1 Å². The number of fused-ring (bicyclic) bond motifs is 2. The summed E-state index contributed by atoms with van der Waals surface area (Å²) >= 11 is 0. The van der Waals surface area contributed by atoms with Gasteiger partial charge in [-0.25, -0.2) is 27.5 Å². The molecule has 0 aliphatic rings. The zero-order chi connectivity index (χ0) is 38.1. The Bertz CT molecular complexity index is 2190. The topological polar surface area (TPSA) is 126 Å². The predicted molar refractivity (Wildman–Crippen MR) is 194 cm³/mol. The van der Waals surface area contributed by atoms with Gasteiger partial charge in [0.1, 0.15) is 29.1 Å². The van der Waals surface area contributed by atoms with Gasteiger partial charge in [-0.1, -0.05) is 24.3 Å². The Balaban J connectivity index is 0.000000208. The third-order valence-electron chi connectivity index (χ3n) is 8.52. The van der Waals surface area contributed by atoms with E-state index in [1.807, 2.05) is 18.4 Å². The van der Waals surface area contributed by atoms with Crippen molar-refractivity contribution in [3.8, 4) is 22.3 Å². The van der Waals surface area contributed by atoms with Crippen LogP contribution in [0.4, 0.5) is 17.6 Å². The van der Waals surface area contributed by atoms with Crippen molar-refractivity contribution in [3.05, 3.63) is 108 Å². The van der Waals surface area contributed by atoms with E-state index in [9.17, 15) is 27.2 Å². The summed E-state index contributed by atoms with van der Waals surface area (Å²) in [4.78, 5) is 31.2. The highest BCUT2D eigenvalue weighted by atomic mass is 19.1. The monoisotopic (exact) mass is 732 g/mol. The predicted octanol–water partition coefficient (Wildman–Crippen LogP) is 6.81. The molecule has 6 aromatic rings. The number of hydrogen-bond acceptors (Lipinski definition) is 7. The maximum absolute atomic E-state index is 14.7. The summed E-state index contributed by atoms with van der Waals surface area (Å²) in [6.07, 6.45) is 0.640. The molecule has 0 spiro atoms. The van der Waals surface area contributed by atoms with Crippen molar-refractivity contribution < 1.29 is 36.6 Å². The molecule has 0 aliphatic heterocycles. The minimum Gasteiger partial charge on any atom is -0.380 e. The van der Waals surface area contributed by atoms with E-state index in [4.69, 9.17) is 15.2 Å². The van der Waals surface area contributed by atoms with Crippen molar-refractivity contribution in [2.24, 2.45) is 5.73 Å². The van der Waals surface area contributed by atoms with Gasteiger partial charge in [-0.05, 0) is 68.3 Å². The summed E-state index contributed by atoms with van der Waals surface area (Å²) < 4.78 is 69.9. The number of carbonyl (C=O) groups excluding carboxylic acids is 2. The summed E-state index contributed by atoms with van der Waals surface area (Å²) in [5.74, 6) is -1.28. The second-order valence-electron chi connectivity index (χ2n) is 12.0. The van der Waals surface area contributed by atoms with Gasteiger partial charge in [0.25, 0.3) is 0 Å². The Hall–Kier alpha value is -5.44. The number of hydrogen-bond donors (Lipinski definition) is 2. The van der Waals surface area contributed by atoms with Gasteiger partial charge >= 0.3 is 0 Å². The first-order chi connectivity index (χ1) is 25.5. The van der Waals surface area contributed by atoms with E-state index in [1.54, 1.807) is 23.6 Å². The highest BCUT2D eigenvalue weighted by molar-refractivity contribution is 5.87. The van der Waals surface area contributed by atoms with Gasteiger partial charge in [0.2, 0.25) is 5.91 Å². The molecule has 0 aliphatic carbocycles. The van der Waals surface area contributed by atoms with Crippen LogP contribution in [0.5, 0.6) is 0 Å². The van der Waals surface area contributed by atoms with E-state index in [0.717, 1.165) is 5.52 Å². The fourth-order valence-corrected chi connectivity index (χ4v) is 5.72. The third-order valence-corrected chi connectivity index (χ3v) is 8.52. The zero-order valence-electron chi connectivity index (χ0n) is 29.5. The maximum atomic E-state index is 14.7. The Kier molecular flexibility index (Phi) is 13.1. The van der Waals surface area contributed by atoms with Crippen LogP contribution in [-0.4, -0.2) is 63.8 Å². The fraction of sp³-hybridized carbons (Fsp3) is 0.282. The van der Waals surface area contributed by atoms with E-state index in [1.165, 1.54) is 60.7 Å². The molecule has 0 radical (unpaired) electrons. The fourth-order valence-electron chi connectivity index (χ4n) is 5.72. The second kappa shape index (κ2) is 17.9. The first-order valence-corrected chi connectivity index (χ1v) is 17.1. The smallest absolute Gasteiger partial charge is 0.234 e. The standard InChI is InChI=1S/C21H24F2N4O2.C18H16F2N2O2/c1-3-29-9-8-27-19-10-16(14-4-6-15(22)7-5-14)17(23)11-18(19)26-20(27)12-25-13(2)21(24)28;1-2-24-8-7-22-17-9-14(12-3-5-13(19)6-4-12)15(20)10-16(17)21-18(22)11-23/h4-7,10-11,13,25H,3,8-9,12H2,1-2H3,(H2,24,28);3-6,9-11H,2,7-8H2,1H3/t13-;/m0./s1. The second-order valence-corrected chi connectivity index (χ2v) is 12.0. The molecule has 53 heavy (non-hydrogen) atoms. The van der Waals surface area contributed by atoms with E-state index >= 15 is 0 Å². The molecule has 3 N–H and O–H groups in total. The summed E-state index contributed by atoms with van der Waals surface area (Å²) in [7, 11) is 0. The van der Waals surface area contributed by atoms with Gasteiger partial charge in [0, 0.05) is 49.6 Å². The number of ether oxygens (including phenoxy) is 2. The number of nitrogens with zero attached hydrogens (tertiary/aromatic N) is 4. The number of aromatic nitrogens is 4. The molecule has 1 atom stereocenters. The van der Waals surface area contributed by atoms with Gasteiger partial charge in [-0.15, -0.1) is 0 Å². The molecule has 278 valence electrons. The quantitative estimate of drug-likeness (QED) is 0.0675. The number of imidazole rings is 2. The molecule has 10 nitrogen and oxygen atoms in total. The molecule has 0 saturated carbocycles. The minimum absolute atomic E-state index is 0.223. The number of halogens is 4. The maximum Gasteiger partial charge on any atom is 0.234 e. The molecule has 0 bridgehead atoms. The van der Waals surface area contributed by atoms with Gasteiger partial charge in [-0.2, -0.15) is 0 Å². The van der Waals surface area contributed by atoms with Crippen molar-refractivity contribution in [3.63, 3.8) is 0 Å². The van der Waals surface area contributed by atoms with Crippen LogP contribution in [0.2, 0.25) is 0 Å². The van der Waals surface area contributed by atoms with Crippen molar-refractivity contribution in [1.82, 2.24) is 24.4 Å². The van der Waals surface area contributed by atoms with Crippen LogP contribution in [0.15, 0.2) is 72.8 Å². The summed E-state index contributed by atoms with van der Waals surface area (Å²) in [5, 5.41) is 3.02. The number of nitrogens with two attached hydrogens (primary N) is 1. The van der Waals surface area contributed by atoms with Crippen molar-refractivity contribution in [2.75, 3.05) is 26.4 Å². The number of rotatable bonds is 15. The molecule has 2 aromatic heterocycles. The number of aldehydes is 1. The number of amides is 1. The van der Waals surface area contributed by atoms with Crippen molar-refractivity contribution >= 4 is 34.3 Å². The molecule has 0 unspecified atom stereocenters. The normalized spacial score (nSPS) is 11.8. The highest BCUT2D eigenvalue weighted by Gasteiger charge is 2.18. The van der Waals surface area contributed by atoms with Crippen LogP contribution in [0, 0.1) is 23.3 Å². The van der Waals surface area contributed by atoms with Crippen molar-refractivity contribution in [1.29, 1.82) is 0 Å². The number of carbonyl (C=O) groups is 2. The van der Waals surface area contributed by atoms with Gasteiger partial charge in [0.05, 0.1) is 47.9 Å². The molecule has 0 fully saturated rings. The van der Waals surface area contributed by atoms with Crippen LogP contribution in [0.1, 0.15) is 37.2 Å². The summed E-state index contributed by atoms with van der Waals surface area (Å²) in [5.41, 5.74) is 9.39. The van der Waals surface area contributed by atoms with E-state index in [0.29, 0.717) is 97.0 Å². The van der Waals surface area contributed by atoms with E-state index in [-0.39, 0.29) is 17.5 Å². The lowest BCUT2D eigenvalue weighted by Gasteiger charge is -2.13. The van der Waals surface area contributed by atoms with Gasteiger partial charge < -0.3 is 24.3 Å². The lowest BCUT2D eigenvalue weighted by atomic mass is 10.0. The Morgan fingerprint density at radius 2 is 1.25 bits per heavy atom. The molecular weight excluding hydrogens is 692 g/mol. The average molecular weight is 733 g/mol. The first kappa shape index (κ1) is 38.8. The molecular formula is C39H40F4N6O4. The van der Waals surface area contributed by atoms with Crippen molar-refractivity contribution in [2.45, 2.75) is 46.4 Å². The summed E-state index contributed by atoms with van der Waals surface area (Å²) in [6.45, 7) is 8.73. The van der Waals surface area contributed by atoms with Crippen LogP contribution in [0.25, 0.3) is 44.3 Å². The molecule has 6 rings (SSSR count). The lowest BCUT2D eigenvalue weighted by Crippen LogP contribution is -2.38. The number of primary amides is 1. The molecule has 0 saturated heterocycles. The van der Waals surface area contributed by atoms with Crippen LogP contribution in [-0.2, 0) is 33.9 Å². The van der Waals surface area contributed by atoms with Crippen LogP contribution < -0.4 is 11.1 Å². The highest BCUT2D eigenvalue weighted by Crippen LogP contribution is 2.30. The largest absolute Gasteiger partial charge is 0.380 e. The third kappa shape index (κ3) is 9.33. The molecule has 2 heterocycles. The van der Waals surface area contributed by atoms with Crippen LogP contribution >= 0.6 is 0 Å². The van der Waals surface area contributed by atoms with Gasteiger partial charge in [-0.3, -0.25) is 14.9 Å². The minimum atomic E-state index is -0.526. The summed E-state index contributed by atoms with van der Waals surface area (Å²) in [6, 6.07) is 16.7. The SMILES string of the molecule is CCOCCn1c(C=O)nc2cc(F)c(-c3ccc(F)cc3)cc21.CCOCCn1c(CN[C@@H](C)C(N)=O)nc2cc(F)c(-c3ccc(F)cc3)cc21. The van der Waals surface area contributed by atoms with Crippen LogP contribution in [0.3, 0.4) is 0 Å². The number of nitrogens with one attached hydrogen (secondary N) is 1. The zero-order valence-corrected chi connectivity index (χ0v) is 29.5. The molecule has 4 aromatic carbocycles. The average Bonchev–Trinajstić information content (AvgIpc) is 3.66. The Morgan fingerprint density at radius 3 is 1.72 bits per heavy atom. The Morgan fingerprint density at radius 1 is 0.774 bits per heavy atom. The number of benzene rings is 4. The molecule has 14 heteroatoms.